The van der Waals surface area contributed by atoms with E-state index in [0.29, 0.717) is 18.6 Å². The van der Waals surface area contributed by atoms with E-state index in [2.05, 4.69) is 16.5 Å². The van der Waals surface area contributed by atoms with Gasteiger partial charge in [0.05, 0.1) is 20.2 Å². The lowest BCUT2D eigenvalue weighted by atomic mass is 10.1. The quantitative estimate of drug-likeness (QED) is 0.235. The number of unbranched alkanes of at least 4 members (excludes halogenated alkanes) is 1. The molecule has 0 heterocycles. The molecule has 2 atom stereocenters. The average molecular weight is 481 g/mol. The molecule has 0 saturated carbocycles. The number of hydrogen-bond acceptors (Lipinski definition) is 5. The number of carbonyl (C=O) groups is 1. The number of nitro groups is 1. The number of nitro benzene ring substituents is 1. The number of amides is 2. The predicted octanol–water partition coefficient (Wildman–Crippen LogP) is 4.15. The Labute approximate surface area is 187 Å². The molecule has 1 aromatic carbocycles. The minimum atomic E-state index is -4.80. The number of nitrogens with zero attached hydrogens (tertiary/aromatic N) is 3. The molecule has 1 N–H and O–H groups in total. The highest BCUT2D eigenvalue weighted by molar-refractivity contribution is 8.00. The predicted molar refractivity (Wildman–Crippen MR) is 119 cm³/mol. The second-order valence-electron chi connectivity index (χ2n) is 7.51. The Balaban J connectivity index is 3.37. The fourth-order valence-electron chi connectivity index (χ4n) is 3.19. The smallest absolute Gasteiger partial charge is 0.330 e. The second-order valence-corrected chi connectivity index (χ2v) is 9.69. The van der Waals surface area contributed by atoms with Crippen LogP contribution in [0.5, 0.6) is 0 Å². The molecule has 0 spiro atoms. The van der Waals surface area contributed by atoms with E-state index in [4.69, 9.17) is 0 Å². The van der Waals surface area contributed by atoms with Gasteiger partial charge < -0.3 is 9.80 Å². The van der Waals surface area contributed by atoms with E-state index in [1.807, 2.05) is 13.8 Å². The molecule has 0 aliphatic carbocycles. The van der Waals surface area contributed by atoms with Crippen LogP contribution in [-0.4, -0.2) is 63.6 Å². The zero-order chi connectivity index (χ0) is 24.7. The molecule has 2 amide bonds. The van der Waals surface area contributed by atoms with Crippen molar-refractivity contribution in [3.05, 3.63) is 33.9 Å². The fourth-order valence-corrected chi connectivity index (χ4v) is 5.22. The molecule has 2 unspecified atom stereocenters. The van der Waals surface area contributed by atoms with Crippen LogP contribution in [0.1, 0.15) is 45.6 Å². The van der Waals surface area contributed by atoms with Gasteiger partial charge in [-0.2, -0.15) is 13.2 Å². The highest BCUT2D eigenvalue weighted by atomic mass is 32.2. The Kier molecular flexibility index (Phi) is 9.96. The number of rotatable bonds is 10. The molecule has 0 fully saturated rings. The number of carbonyl (C=O) groups excluding carboxylic acids is 1. The Morgan fingerprint density at radius 2 is 1.88 bits per heavy atom. The topological polar surface area (TPSA) is 95.8 Å². The fraction of sp³-hybridized carbons (Fsp3) is 0.600. The van der Waals surface area contributed by atoms with Gasteiger partial charge in [0.15, 0.2) is 0 Å². The third-order valence-electron chi connectivity index (χ3n) is 5.07. The van der Waals surface area contributed by atoms with Crippen LogP contribution in [0.3, 0.4) is 0 Å². The first kappa shape index (κ1) is 27.7. The SMILES string of the molecule is CCN(CC)C(C)CCCC=S(=O)(NC(=O)N(C)C)c1ccc(C(F)(F)F)cc1[N+](=O)[O-]. The van der Waals surface area contributed by atoms with E-state index in [1.165, 1.54) is 19.5 Å². The number of benzene rings is 1. The monoisotopic (exact) mass is 480 g/mol. The van der Waals surface area contributed by atoms with Gasteiger partial charge in [-0.25, -0.2) is 9.00 Å². The molecule has 182 valence electrons. The van der Waals surface area contributed by atoms with Gasteiger partial charge in [-0.15, -0.1) is 0 Å². The standard InChI is InChI=1S/C20H31F3N4O4S/c1-6-26(7-2)15(3)10-8-9-13-32(31,24-19(28)25(4)5)18-12-11-16(20(21,22)23)14-17(18)27(29)30/h11-15H,6-10H2,1-5H3,(H,24,28,31). The molecular formula is C20H31F3N4O4S. The molecule has 32 heavy (non-hydrogen) atoms. The molecule has 0 aromatic heterocycles. The third-order valence-corrected chi connectivity index (χ3v) is 7.25. The summed E-state index contributed by atoms with van der Waals surface area (Å²) in [7, 11) is -0.886. The van der Waals surface area contributed by atoms with Gasteiger partial charge in [0, 0.05) is 26.2 Å². The molecule has 0 bridgehead atoms. The van der Waals surface area contributed by atoms with Crippen molar-refractivity contribution in [3.63, 3.8) is 0 Å². The van der Waals surface area contributed by atoms with Crippen molar-refractivity contribution in [2.45, 2.75) is 57.1 Å². The van der Waals surface area contributed by atoms with Gasteiger partial charge in [-0.3, -0.25) is 14.8 Å². The van der Waals surface area contributed by atoms with Crippen LogP contribution in [0.2, 0.25) is 0 Å². The summed E-state index contributed by atoms with van der Waals surface area (Å²) in [5, 5.41) is 12.8. The summed E-state index contributed by atoms with van der Waals surface area (Å²) < 4.78 is 55.1. The summed E-state index contributed by atoms with van der Waals surface area (Å²) in [6.45, 7) is 7.88. The van der Waals surface area contributed by atoms with Crippen molar-refractivity contribution in [2.75, 3.05) is 27.2 Å². The van der Waals surface area contributed by atoms with Crippen LogP contribution in [0.15, 0.2) is 23.1 Å². The van der Waals surface area contributed by atoms with Gasteiger partial charge in [-0.1, -0.05) is 13.8 Å². The van der Waals surface area contributed by atoms with Crippen LogP contribution < -0.4 is 4.72 Å². The van der Waals surface area contributed by atoms with Crippen molar-refractivity contribution < 1.29 is 27.1 Å². The Hall–Kier alpha value is -2.34. The summed E-state index contributed by atoms with van der Waals surface area (Å²) in [6.07, 6.45) is -3.22. The van der Waals surface area contributed by atoms with Gasteiger partial charge in [0.25, 0.3) is 5.69 Å². The van der Waals surface area contributed by atoms with Crippen molar-refractivity contribution in [2.24, 2.45) is 0 Å². The Morgan fingerprint density at radius 1 is 1.28 bits per heavy atom. The molecule has 8 nitrogen and oxygen atoms in total. The summed E-state index contributed by atoms with van der Waals surface area (Å²) in [6, 6.07) is 1.24. The Morgan fingerprint density at radius 3 is 2.34 bits per heavy atom. The number of alkyl halides is 3. The molecule has 0 radical (unpaired) electrons. The molecule has 0 saturated heterocycles. The molecular weight excluding hydrogens is 449 g/mol. The summed E-state index contributed by atoms with van der Waals surface area (Å²) in [4.78, 5) is 25.5. The van der Waals surface area contributed by atoms with E-state index < -0.39 is 43.0 Å². The molecule has 0 aliphatic heterocycles. The maximum absolute atomic E-state index is 13.7. The lowest BCUT2D eigenvalue weighted by molar-refractivity contribution is -0.388. The van der Waals surface area contributed by atoms with Crippen LogP contribution >= 0.6 is 0 Å². The lowest BCUT2D eigenvalue weighted by Crippen LogP contribution is -2.39. The first-order chi connectivity index (χ1) is 14.8. The number of nitrogens with one attached hydrogen (secondary N) is 1. The van der Waals surface area contributed by atoms with E-state index in [-0.39, 0.29) is 12.5 Å². The minimum absolute atomic E-state index is 0.246. The largest absolute Gasteiger partial charge is 0.416 e. The maximum Gasteiger partial charge on any atom is 0.416 e. The molecule has 1 rings (SSSR count). The molecule has 0 aliphatic rings. The van der Waals surface area contributed by atoms with E-state index in [0.717, 1.165) is 30.5 Å². The van der Waals surface area contributed by atoms with E-state index >= 15 is 0 Å². The van der Waals surface area contributed by atoms with Crippen molar-refractivity contribution >= 4 is 26.8 Å². The van der Waals surface area contributed by atoms with Crippen LogP contribution in [0.25, 0.3) is 0 Å². The second kappa shape index (κ2) is 11.5. The first-order valence-corrected chi connectivity index (χ1v) is 11.8. The van der Waals surface area contributed by atoms with Gasteiger partial charge >= 0.3 is 12.2 Å². The number of halogens is 3. The summed E-state index contributed by atoms with van der Waals surface area (Å²) in [5.41, 5.74) is -2.20. The number of hydrogen-bond donors (Lipinski definition) is 1. The van der Waals surface area contributed by atoms with Crippen LogP contribution in [-0.2, 0) is 15.9 Å². The van der Waals surface area contributed by atoms with Gasteiger partial charge in [-0.05, 0) is 56.8 Å². The maximum atomic E-state index is 13.7. The number of urea groups is 1. The third kappa shape index (κ3) is 7.37. The van der Waals surface area contributed by atoms with Crippen molar-refractivity contribution in [1.29, 1.82) is 0 Å². The minimum Gasteiger partial charge on any atom is -0.330 e. The average Bonchev–Trinajstić information content (AvgIpc) is 2.70. The van der Waals surface area contributed by atoms with E-state index in [9.17, 15) is 32.3 Å². The summed E-state index contributed by atoms with van der Waals surface area (Å²) in [5.74, 6) is 0. The lowest BCUT2D eigenvalue weighted by Gasteiger charge is -2.26. The normalized spacial score (nSPS) is 14.5. The molecule has 1 aromatic rings. The zero-order valence-electron chi connectivity index (χ0n) is 18.9. The van der Waals surface area contributed by atoms with E-state index in [1.54, 1.807) is 0 Å². The first-order valence-electron chi connectivity index (χ1n) is 10.2. The van der Waals surface area contributed by atoms with Gasteiger partial charge in [0.1, 0.15) is 4.90 Å². The zero-order valence-corrected chi connectivity index (χ0v) is 19.8. The van der Waals surface area contributed by atoms with Crippen LogP contribution in [0, 0.1) is 10.1 Å². The molecule has 12 heteroatoms. The Bertz CT molecular complexity index is 924. The van der Waals surface area contributed by atoms with Crippen molar-refractivity contribution in [1.82, 2.24) is 14.5 Å². The summed E-state index contributed by atoms with van der Waals surface area (Å²) >= 11 is 0. The highest BCUT2D eigenvalue weighted by Gasteiger charge is 2.35. The van der Waals surface area contributed by atoms with Crippen molar-refractivity contribution in [3.8, 4) is 0 Å². The van der Waals surface area contributed by atoms with Gasteiger partial charge in [0.2, 0.25) is 0 Å². The highest BCUT2D eigenvalue weighted by Crippen LogP contribution is 2.34. The van der Waals surface area contributed by atoms with Crippen LogP contribution in [0.4, 0.5) is 23.7 Å².